The number of fused-ring (bicyclic) bond motifs is 1. The summed E-state index contributed by atoms with van der Waals surface area (Å²) in [7, 11) is 4.22. The Morgan fingerprint density at radius 1 is 1.56 bits per heavy atom. The van der Waals surface area contributed by atoms with Gasteiger partial charge in [0.05, 0.1) is 5.69 Å². The summed E-state index contributed by atoms with van der Waals surface area (Å²) in [4.78, 5) is 8.60. The Hall–Kier alpha value is -0.260. The van der Waals surface area contributed by atoms with Crippen LogP contribution in [-0.4, -0.2) is 37.6 Å². The van der Waals surface area contributed by atoms with E-state index in [1.165, 1.54) is 40.7 Å². The average molecular weight is 285 g/mol. The third-order valence-electron chi connectivity index (χ3n) is 3.46. The molecule has 0 spiro atoms. The van der Waals surface area contributed by atoms with E-state index in [0.29, 0.717) is 6.04 Å². The van der Waals surface area contributed by atoms with Gasteiger partial charge in [-0.05, 0) is 44.7 Å². The van der Waals surface area contributed by atoms with Gasteiger partial charge >= 0.3 is 0 Å². The smallest absolute Gasteiger partial charge is 0.185 e. The molecule has 1 heterocycles. The highest BCUT2D eigenvalue weighted by Crippen LogP contribution is 2.37. The molecular formula is C13H23N3S2. The molecule has 3 nitrogen and oxygen atoms in total. The first-order valence-electron chi connectivity index (χ1n) is 6.63. The summed E-state index contributed by atoms with van der Waals surface area (Å²) in [6, 6.07) is 0.527. The standard InChI is InChI=1S/C13H23N3S2/c1-14-10-6-4-7-11-12(10)18-13(15-11)16(2)8-5-9-17-3/h10,14H,4-9H2,1-3H3. The van der Waals surface area contributed by atoms with Crippen molar-refractivity contribution in [2.45, 2.75) is 31.7 Å². The predicted octanol–water partition coefficient (Wildman–Crippen LogP) is 2.93. The van der Waals surface area contributed by atoms with E-state index in [4.69, 9.17) is 4.98 Å². The number of hydrogen-bond donors (Lipinski definition) is 1. The summed E-state index contributed by atoms with van der Waals surface area (Å²) >= 11 is 3.80. The number of nitrogens with one attached hydrogen (secondary N) is 1. The maximum Gasteiger partial charge on any atom is 0.185 e. The highest BCUT2D eigenvalue weighted by molar-refractivity contribution is 7.98. The number of thiazole rings is 1. The molecule has 0 saturated heterocycles. The van der Waals surface area contributed by atoms with Crippen LogP contribution in [0.4, 0.5) is 5.13 Å². The molecule has 0 aromatic carbocycles. The lowest BCUT2D eigenvalue weighted by Crippen LogP contribution is -2.20. The van der Waals surface area contributed by atoms with Gasteiger partial charge in [-0.2, -0.15) is 11.8 Å². The lowest BCUT2D eigenvalue weighted by Gasteiger charge is -2.19. The lowest BCUT2D eigenvalue weighted by atomic mass is 9.98. The van der Waals surface area contributed by atoms with E-state index in [9.17, 15) is 0 Å². The summed E-state index contributed by atoms with van der Waals surface area (Å²) < 4.78 is 0. The van der Waals surface area contributed by atoms with Crippen LogP contribution in [0.3, 0.4) is 0 Å². The third-order valence-corrected chi connectivity index (χ3v) is 5.48. The van der Waals surface area contributed by atoms with Crippen LogP contribution >= 0.6 is 23.1 Å². The molecule has 1 aromatic rings. The predicted molar refractivity (Wildman–Crippen MR) is 83.1 cm³/mol. The molecular weight excluding hydrogens is 262 g/mol. The zero-order valence-electron chi connectivity index (χ0n) is 11.5. The first-order valence-corrected chi connectivity index (χ1v) is 8.84. The Morgan fingerprint density at radius 2 is 2.39 bits per heavy atom. The Kier molecular flexibility index (Phi) is 5.33. The SMILES string of the molecule is CNC1CCCc2nc(N(C)CCCSC)sc21. The quantitative estimate of drug-likeness (QED) is 0.814. The number of anilines is 1. The van der Waals surface area contributed by atoms with Gasteiger partial charge in [-0.15, -0.1) is 0 Å². The molecule has 2 rings (SSSR count). The van der Waals surface area contributed by atoms with E-state index >= 15 is 0 Å². The minimum absolute atomic E-state index is 0.527. The normalized spacial score (nSPS) is 18.7. The second-order valence-electron chi connectivity index (χ2n) is 4.81. The average Bonchev–Trinajstić information content (AvgIpc) is 2.82. The molecule has 0 saturated carbocycles. The molecule has 1 N–H and O–H groups in total. The first kappa shape index (κ1) is 14.2. The summed E-state index contributed by atoms with van der Waals surface area (Å²) in [5.41, 5.74) is 1.33. The maximum atomic E-state index is 4.83. The van der Waals surface area contributed by atoms with E-state index in [0.717, 1.165) is 13.0 Å². The summed E-state index contributed by atoms with van der Waals surface area (Å²) in [6.07, 6.45) is 7.07. The number of aryl methyl sites for hydroxylation is 1. The van der Waals surface area contributed by atoms with E-state index < -0.39 is 0 Å². The minimum atomic E-state index is 0.527. The topological polar surface area (TPSA) is 28.2 Å². The second kappa shape index (κ2) is 6.78. The van der Waals surface area contributed by atoms with Crippen molar-refractivity contribution < 1.29 is 0 Å². The first-order chi connectivity index (χ1) is 8.76. The van der Waals surface area contributed by atoms with Gasteiger partial charge in [0, 0.05) is 24.5 Å². The van der Waals surface area contributed by atoms with Gasteiger partial charge in [-0.1, -0.05) is 11.3 Å². The molecule has 1 unspecified atom stereocenters. The van der Waals surface area contributed by atoms with Gasteiger partial charge in [-0.25, -0.2) is 4.98 Å². The number of rotatable bonds is 6. The molecule has 0 aliphatic heterocycles. The van der Waals surface area contributed by atoms with Crippen LogP contribution in [0, 0.1) is 0 Å². The molecule has 5 heteroatoms. The summed E-state index contributed by atoms with van der Waals surface area (Å²) in [5.74, 6) is 1.23. The van der Waals surface area contributed by atoms with Gasteiger partial charge in [0.2, 0.25) is 0 Å². The van der Waals surface area contributed by atoms with Gasteiger partial charge in [-0.3, -0.25) is 0 Å². The fourth-order valence-electron chi connectivity index (χ4n) is 2.39. The van der Waals surface area contributed by atoms with Crippen molar-refractivity contribution in [1.29, 1.82) is 0 Å². The number of nitrogens with zero attached hydrogens (tertiary/aromatic N) is 2. The monoisotopic (exact) mass is 285 g/mol. The van der Waals surface area contributed by atoms with Crippen molar-refractivity contribution in [3.05, 3.63) is 10.6 Å². The maximum absolute atomic E-state index is 4.83. The van der Waals surface area contributed by atoms with E-state index in [1.54, 1.807) is 0 Å². The van der Waals surface area contributed by atoms with Crippen LogP contribution in [0.2, 0.25) is 0 Å². The molecule has 1 aromatic heterocycles. The molecule has 1 aliphatic carbocycles. The Labute approximate surface area is 118 Å². The zero-order chi connectivity index (χ0) is 13.0. The largest absolute Gasteiger partial charge is 0.351 e. The number of thioether (sulfide) groups is 1. The Balaban J connectivity index is 2.04. The van der Waals surface area contributed by atoms with Gasteiger partial charge in [0.1, 0.15) is 0 Å². The zero-order valence-corrected chi connectivity index (χ0v) is 13.2. The highest BCUT2D eigenvalue weighted by atomic mass is 32.2. The van der Waals surface area contributed by atoms with Crippen molar-refractivity contribution >= 4 is 28.2 Å². The molecule has 1 aliphatic rings. The van der Waals surface area contributed by atoms with Crippen LogP contribution in [0.5, 0.6) is 0 Å². The van der Waals surface area contributed by atoms with Crippen molar-refractivity contribution in [2.24, 2.45) is 0 Å². The number of aromatic nitrogens is 1. The third kappa shape index (κ3) is 3.19. The van der Waals surface area contributed by atoms with Crippen LogP contribution in [0.15, 0.2) is 0 Å². The van der Waals surface area contributed by atoms with E-state index in [-0.39, 0.29) is 0 Å². The van der Waals surface area contributed by atoms with E-state index in [1.807, 2.05) is 23.1 Å². The highest BCUT2D eigenvalue weighted by Gasteiger charge is 2.24. The van der Waals surface area contributed by atoms with Gasteiger partial charge < -0.3 is 10.2 Å². The molecule has 0 radical (unpaired) electrons. The van der Waals surface area contributed by atoms with Crippen molar-refractivity contribution in [3.63, 3.8) is 0 Å². The van der Waals surface area contributed by atoms with Crippen LogP contribution in [-0.2, 0) is 6.42 Å². The Morgan fingerprint density at radius 3 is 3.11 bits per heavy atom. The molecule has 0 bridgehead atoms. The molecule has 0 amide bonds. The van der Waals surface area contributed by atoms with Crippen LogP contribution < -0.4 is 10.2 Å². The molecule has 102 valence electrons. The van der Waals surface area contributed by atoms with Crippen molar-refractivity contribution in [3.8, 4) is 0 Å². The molecule has 0 fully saturated rings. The van der Waals surface area contributed by atoms with E-state index in [2.05, 4.69) is 30.6 Å². The fourth-order valence-corrected chi connectivity index (χ4v) is 4.05. The van der Waals surface area contributed by atoms with Gasteiger partial charge in [0.15, 0.2) is 5.13 Å². The summed E-state index contributed by atoms with van der Waals surface area (Å²) in [6.45, 7) is 1.11. The van der Waals surface area contributed by atoms with Crippen molar-refractivity contribution in [2.75, 3.05) is 37.5 Å². The van der Waals surface area contributed by atoms with Crippen LogP contribution in [0.1, 0.15) is 35.9 Å². The summed E-state index contributed by atoms with van der Waals surface area (Å²) in [5, 5.41) is 4.61. The molecule has 1 atom stereocenters. The Bertz CT molecular complexity index is 378. The minimum Gasteiger partial charge on any atom is -0.351 e. The number of hydrogen-bond acceptors (Lipinski definition) is 5. The second-order valence-corrected chi connectivity index (χ2v) is 6.80. The lowest BCUT2D eigenvalue weighted by molar-refractivity contribution is 0.501. The van der Waals surface area contributed by atoms with Crippen molar-refractivity contribution in [1.82, 2.24) is 10.3 Å². The van der Waals surface area contributed by atoms with Crippen LogP contribution in [0.25, 0.3) is 0 Å². The fraction of sp³-hybridized carbons (Fsp3) is 0.769. The van der Waals surface area contributed by atoms with Gasteiger partial charge in [0.25, 0.3) is 0 Å². The molecule has 18 heavy (non-hydrogen) atoms.